The van der Waals surface area contributed by atoms with Crippen molar-refractivity contribution in [3.8, 4) is 0 Å². The van der Waals surface area contributed by atoms with Crippen molar-refractivity contribution >= 4 is 34.8 Å². The third kappa shape index (κ3) is 3.58. The maximum absolute atomic E-state index is 10.1. The van der Waals surface area contributed by atoms with Crippen molar-refractivity contribution in [1.29, 1.82) is 0 Å². The summed E-state index contributed by atoms with van der Waals surface area (Å²) in [6.07, 6.45) is -9.39. The van der Waals surface area contributed by atoms with Crippen molar-refractivity contribution in [3.63, 3.8) is 0 Å². The summed E-state index contributed by atoms with van der Waals surface area (Å²) in [5.74, 6) is -2.43. The highest BCUT2D eigenvalue weighted by molar-refractivity contribution is 6.21. The van der Waals surface area contributed by atoms with Crippen molar-refractivity contribution in [2.75, 3.05) is 18.4 Å². The summed E-state index contributed by atoms with van der Waals surface area (Å²) in [5.41, 5.74) is 0. The summed E-state index contributed by atoms with van der Waals surface area (Å²) in [5, 5.41) is 48.1. The predicted molar refractivity (Wildman–Crippen MR) is 79.5 cm³/mol. The molecular weight excluding hydrogens is 378 g/mol. The van der Waals surface area contributed by atoms with E-state index in [1.807, 2.05) is 0 Å². The number of aliphatic hydroxyl groups excluding tert-OH is 5. The Labute approximate surface area is 147 Å². The molecule has 0 radical (unpaired) electrons. The molecule has 2 rings (SSSR count). The van der Waals surface area contributed by atoms with E-state index in [9.17, 15) is 25.5 Å². The van der Waals surface area contributed by atoms with Crippen molar-refractivity contribution in [1.82, 2.24) is 0 Å². The van der Waals surface area contributed by atoms with Gasteiger partial charge in [0.2, 0.25) is 5.79 Å². The molecule has 23 heavy (non-hydrogen) atoms. The van der Waals surface area contributed by atoms with Gasteiger partial charge in [0.25, 0.3) is 0 Å². The van der Waals surface area contributed by atoms with Crippen LogP contribution in [0.4, 0.5) is 0 Å². The molecule has 0 aromatic rings. The van der Waals surface area contributed by atoms with Crippen molar-refractivity contribution in [3.05, 3.63) is 0 Å². The summed E-state index contributed by atoms with van der Waals surface area (Å²) in [6.45, 7) is -0.526. The predicted octanol–water partition coefficient (Wildman–Crippen LogP) is -1.66. The number of hydrogen-bond donors (Lipinski definition) is 5. The van der Waals surface area contributed by atoms with Crippen LogP contribution in [0.5, 0.6) is 0 Å². The highest BCUT2D eigenvalue weighted by Crippen LogP contribution is 2.37. The largest absolute Gasteiger partial charge is 0.394 e. The Kier molecular flexibility index (Phi) is 6.77. The van der Waals surface area contributed by atoms with E-state index in [1.54, 1.807) is 0 Å². The zero-order valence-electron chi connectivity index (χ0n) is 11.8. The van der Waals surface area contributed by atoms with Gasteiger partial charge in [-0.3, -0.25) is 0 Å². The molecule has 9 atom stereocenters. The molecule has 0 bridgehead atoms. The Balaban J connectivity index is 2.18. The summed E-state index contributed by atoms with van der Waals surface area (Å²) < 4.78 is 16.1. The minimum Gasteiger partial charge on any atom is -0.394 e. The minimum atomic E-state index is -1.90. The molecule has 2 fully saturated rings. The minimum absolute atomic E-state index is 0.125. The Morgan fingerprint density at radius 3 is 2.13 bits per heavy atom. The van der Waals surface area contributed by atoms with Crippen molar-refractivity contribution in [2.45, 2.75) is 54.1 Å². The molecule has 0 aliphatic carbocycles. The van der Waals surface area contributed by atoms with Gasteiger partial charge in [0.15, 0.2) is 6.29 Å². The quantitative estimate of drug-likeness (QED) is 0.349. The highest BCUT2D eigenvalue weighted by atomic mass is 35.5. The van der Waals surface area contributed by atoms with Crippen LogP contribution in [0.25, 0.3) is 0 Å². The molecular formula is C12H19Cl3O8. The van der Waals surface area contributed by atoms with E-state index in [0.29, 0.717) is 0 Å². The maximum atomic E-state index is 10.1. The van der Waals surface area contributed by atoms with Crippen LogP contribution in [-0.4, -0.2) is 98.0 Å². The van der Waals surface area contributed by atoms with E-state index in [-0.39, 0.29) is 5.88 Å². The molecule has 2 heterocycles. The molecule has 2 saturated heterocycles. The highest BCUT2D eigenvalue weighted by Gasteiger charge is 2.58. The molecule has 0 amide bonds. The molecule has 0 aromatic heterocycles. The smallest absolute Gasteiger partial charge is 0.214 e. The molecule has 0 spiro atoms. The van der Waals surface area contributed by atoms with Gasteiger partial charge < -0.3 is 39.7 Å². The molecule has 5 N–H and O–H groups in total. The SMILES string of the molecule is OCC1O[C@@H](O[C@@]2(CCl)O[C@@H](CCl)[C@@H](O)C2O)C(O)[C@@H](O)[C@H]1Cl. The lowest BCUT2D eigenvalue weighted by Crippen LogP contribution is -2.61. The number of hydrogen-bond acceptors (Lipinski definition) is 8. The van der Waals surface area contributed by atoms with E-state index in [0.717, 1.165) is 0 Å². The van der Waals surface area contributed by atoms with Crippen LogP contribution in [0.2, 0.25) is 0 Å². The first-order valence-electron chi connectivity index (χ1n) is 6.91. The molecule has 0 aromatic carbocycles. The standard InChI is InChI=1S/C12H19Cl3O8/c13-1-4-7(17)10(20)12(3-14,22-4)23-11-9(19)8(18)6(15)5(2-16)21-11/h4-11,16-20H,1-3H2/t4-,5?,6-,7+,8-,9?,10?,11-,12+/m0/s1. The second-order valence-corrected chi connectivity index (χ2v) is 6.54. The molecule has 3 unspecified atom stereocenters. The van der Waals surface area contributed by atoms with E-state index >= 15 is 0 Å². The molecule has 2 aliphatic heterocycles. The van der Waals surface area contributed by atoms with Gasteiger partial charge in [-0.25, -0.2) is 0 Å². The number of ether oxygens (including phenoxy) is 3. The first-order valence-corrected chi connectivity index (χ1v) is 8.42. The molecule has 8 nitrogen and oxygen atoms in total. The summed E-state index contributed by atoms with van der Waals surface area (Å²) >= 11 is 17.3. The van der Waals surface area contributed by atoms with Gasteiger partial charge in [-0.05, 0) is 0 Å². The van der Waals surface area contributed by atoms with Crippen molar-refractivity contribution in [2.24, 2.45) is 0 Å². The Hall–Kier alpha value is 0.550. The Bertz CT molecular complexity index is 403. The summed E-state index contributed by atoms with van der Waals surface area (Å²) in [7, 11) is 0. The topological polar surface area (TPSA) is 129 Å². The number of alkyl halides is 3. The van der Waals surface area contributed by atoms with Crippen LogP contribution < -0.4 is 0 Å². The van der Waals surface area contributed by atoms with Crippen LogP contribution in [0.1, 0.15) is 0 Å². The first kappa shape index (κ1) is 19.9. The van der Waals surface area contributed by atoms with Crippen LogP contribution in [-0.2, 0) is 14.2 Å². The number of halogens is 3. The average molecular weight is 398 g/mol. The Morgan fingerprint density at radius 2 is 1.65 bits per heavy atom. The zero-order valence-corrected chi connectivity index (χ0v) is 14.1. The van der Waals surface area contributed by atoms with Crippen LogP contribution >= 0.6 is 34.8 Å². The average Bonchev–Trinajstić information content (AvgIpc) is 2.80. The van der Waals surface area contributed by atoms with E-state index in [2.05, 4.69) is 0 Å². The summed E-state index contributed by atoms with van der Waals surface area (Å²) in [6, 6.07) is 0. The van der Waals surface area contributed by atoms with Gasteiger partial charge in [-0.1, -0.05) is 0 Å². The number of aliphatic hydroxyl groups is 5. The fourth-order valence-electron chi connectivity index (χ4n) is 2.56. The lowest BCUT2D eigenvalue weighted by Gasteiger charge is -2.43. The fourth-order valence-corrected chi connectivity index (χ4v) is 3.37. The second-order valence-electron chi connectivity index (χ2n) is 5.46. The third-order valence-corrected chi connectivity index (χ3v) is 5.17. The monoisotopic (exact) mass is 396 g/mol. The fraction of sp³-hybridized carbons (Fsp3) is 1.00. The van der Waals surface area contributed by atoms with Crippen LogP contribution in [0.15, 0.2) is 0 Å². The van der Waals surface area contributed by atoms with E-state index in [4.69, 9.17) is 49.0 Å². The van der Waals surface area contributed by atoms with Gasteiger partial charge in [-0.2, -0.15) is 0 Å². The van der Waals surface area contributed by atoms with Gasteiger partial charge >= 0.3 is 0 Å². The summed E-state index contributed by atoms with van der Waals surface area (Å²) in [4.78, 5) is 0. The maximum Gasteiger partial charge on any atom is 0.214 e. The van der Waals surface area contributed by atoms with Gasteiger partial charge in [0, 0.05) is 0 Å². The van der Waals surface area contributed by atoms with Gasteiger partial charge in [-0.15, -0.1) is 34.8 Å². The lowest BCUT2D eigenvalue weighted by atomic mass is 10.0. The molecule has 136 valence electrons. The Morgan fingerprint density at radius 1 is 1.00 bits per heavy atom. The van der Waals surface area contributed by atoms with E-state index in [1.165, 1.54) is 0 Å². The molecule has 2 aliphatic rings. The lowest BCUT2D eigenvalue weighted by molar-refractivity contribution is -0.357. The normalized spacial score (nSPS) is 51.1. The van der Waals surface area contributed by atoms with Crippen LogP contribution in [0, 0.1) is 0 Å². The first-order chi connectivity index (χ1) is 10.8. The van der Waals surface area contributed by atoms with Crippen molar-refractivity contribution < 1.29 is 39.7 Å². The second kappa shape index (κ2) is 7.84. The number of rotatable bonds is 5. The van der Waals surface area contributed by atoms with E-state index < -0.39 is 66.6 Å². The molecule has 11 heteroatoms. The van der Waals surface area contributed by atoms with Gasteiger partial charge in [0.05, 0.1) is 23.7 Å². The zero-order chi connectivity index (χ0) is 17.4. The van der Waals surface area contributed by atoms with Gasteiger partial charge in [0.1, 0.15) is 36.6 Å². The third-order valence-electron chi connectivity index (χ3n) is 3.96. The molecule has 0 saturated carbocycles. The van der Waals surface area contributed by atoms with Crippen LogP contribution in [0.3, 0.4) is 0 Å².